The van der Waals surface area contributed by atoms with Gasteiger partial charge >= 0.3 is 0 Å². The van der Waals surface area contributed by atoms with Crippen molar-refractivity contribution < 1.29 is 0 Å². The molecule has 0 aromatic rings. The Bertz CT molecular complexity index is 302. The second-order valence-corrected chi connectivity index (χ2v) is 6.83. The van der Waals surface area contributed by atoms with Crippen LogP contribution in [0, 0.1) is 23.7 Å². The van der Waals surface area contributed by atoms with Gasteiger partial charge in [0, 0.05) is 29.8 Å². The van der Waals surface area contributed by atoms with Gasteiger partial charge in [0.1, 0.15) is 0 Å². The van der Waals surface area contributed by atoms with Gasteiger partial charge in [0.25, 0.3) is 0 Å². The standard InChI is InChI=1S/C17H32N2/c1-12(2)16-14(5)19(11-9-10-18(7)8)15(6)17(16)13(3)4/h12-13,16-17H,5-6,9-11H2,1-4,7-8H3. The van der Waals surface area contributed by atoms with Gasteiger partial charge in [-0.2, -0.15) is 0 Å². The van der Waals surface area contributed by atoms with Gasteiger partial charge in [-0.1, -0.05) is 40.9 Å². The summed E-state index contributed by atoms with van der Waals surface area (Å²) >= 11 is 0. The van der Waals surface area contributed by atoms with Crippen LogP contribution < -0.4 is 0 Å². The molecule has 1 rings (SSSR count). The van der Waals surface area contributed by atoms with E-state index in [1.807, 2.05) is 0 Å². The van der Waals surface area contributed by atoms with E-state index in [0.29, 0.717) is 23.7 Å². The molecule has 0 spiro atoms. The first-order valence-electron chi connectivity index (χ1n) is 7.57. The van der Waals surface area contributed by atoms with E-state index < -0.39 is 0 Å². The molecule has 1 heterocycles. The van der Waals surface area contributed by atoms with E-state index >= 15 is 0 Å². The van der Waals surface area contributed by atoms with Crippen molar-refractivity contribution in [2.24, 2.45) is 23.7 Å². The highest BCUT2D eigenvalue weighted by Crippen LogP contribution is 2.46. The normalized spacial score (nSPS) is 24.4. The minimum Gasteiger partial charge on any atom is -0.349 e. The molecule has 2 nitrogen and oxygen atoms in total. The molecule has 2 heteroatoms. The van der Waals surface area contributed by atoms with E-state index in [1.165, 1.54) is 17.8 Å². The van der Waals surface area contributed by atoms with Crippen molar-refractivity contribution in [3.8, 4) is 0 Å². The van der Waals surface area contributed by atoms with Gasteiger partial charge in [0.2, 0.25) is 0 Å². The van der Waals surface area contributed by atoms with Crippen LogP contribution in [-0.4, -0.2) is 37.0 Å². The van der Waals surface area contributed by atoms with Crippen molar-refractivity contribution >= 4 is 0 Å². The lowest BCUT2D eigenvalue weighted by molar-refractivity contribution is 0.296. The fourth-order valence-electron chi connectivity index (χ4n) is 3.39. The summed E-state index contributed by atoms with van der Waals surface area (Å²) in [5, 5.41) is 0. The molecule has 0 N–H and O–H groups in total. The van der Waals surface area contributed by atoms with Crippen LogP contribution in [0.4, 0.5) is 0 Å². The first-order chi connectivity index (χ1) is 8.77. The molecule has 0 amide bonds. The van der Waals surface area contributed by atoms with E-state index in [2.05, 4.69) is 64.7 Å². The van der Waals surface area contributed by atoms with Gasteiger partial charge in [-0.3, -0.25) is 0 Å². The zero-order chi connectivity index (χ0) is 14.7. The smallest absolute Gasteiger partial charge is 0.0236 e. The van der Waals surface area contributed by atoms with E-state index in [1.54, 1.807) is 0 Å². The molecule has 0 saturated carbocycles. The highest BCUT2D eigenvalue weighted by molar-refractivity contribution is 5.25. The van der Waals surface area contributed by atoms with E-state index in [0.717, 1.165) is 13.1 Å². The minimum atomic E-state index is 0.562. The second-order valence-electron chi connectivity index (χ2n) is 6.83. The van der Waals surface area contributed by atoms with Crippen LogP contribution in [-0.2, 0) is 0 Å². The zero-order valence-corrected chi connectivity index (χ0v) is 13.7. The summed E-state index contributed by atoms with van der Waals surface area (Å²) in [5.41, 5.74) is 2.58. The summed E-state index contributed by atoms with van der Waals surface area (Å²) in [4.78, 5) is 4.63. The van der Waals surface area contributed by atoms with Gasteiger partial charge in [-0.25, -0.2) is 0 Å². The Balaban J connectivity index is 2.78. The Morgan fingerprint density at radius 1 is 1.00 bits per heavy atom. The summed E-state index contributed by atoms with van der Waals surface area (Å²) in [6.07, 6.45) is 1.17. The molecule has 1 saturated heterocycles. The molecular formula is C17H32N2. The van der Waals surface area contributed by atoms with Gasteiger partial charge in [-0.05, 0) is 38.9 Å². The predicted octanol–water partition coefficient (Wildman–Crippen LogP) is 3.83. The van der Waals surface area contributed by atoms with E-state index in [-0.39, 0.29) is 0 Å². The number of nitrogens with zero attached hydrogens (tertiary/aromatic N) is 2. The molecule has 1 fully saturated rings. The summed E-state index contributed by atoms with van der Waals surface area (Å²) in [6, 6.07) is 0. The molecule has 1 aliphatic heterocycles. The van der Waals surface area contributed by atoms with Crippen molar-refractivity contribution in [3.05, 3.63) is 24.6 Å². The maximum absolute atomic E-state index is 4.37. The highest BCUT2D eigenvalue weighted by atomic mass is 15.2. The fraction of sp³-hybridized carbons (Fsp3) is 0.765. The Kier molecular flexibility index (Phi) is 5.66. The molecule has 2 atom stereocenters. The Labute approximate surface area is 120 Å². The van der Waals surface area contributed by atoms with Crippen LogP contribution in [0.3, 0.4) is 0 Å². The quantitative estimate of drug-likeness (QED) is 0.719. The Morgan fingerprint density at radius 3 is 1.74 bits per heavy atom. The van der Waals surface area contributed by atoms with Crippen molar-refractivity contribution in [1.82, 2.24) is 9.80 Å². The van der Waals surface area contributed by atoms with E-state index in [9.17, 15) is 0 Å². The molecule has 2 unspecified atom stereocenters. The molecule has 0 aromatic carbocycles. The molecular weight excluding hydrogens is 232 g/mol. The average Bonchev–Trinajstić information content (AvgIpc) is 2.52. The third kappa shape index (κ3) is 3.62. The van der Waals surface area contributed by atoms with Crippen LogP contribution in [0.1, 0.15) is 34.1 Å². The monoisotopic (exact) mass is 264 g/mol. The largest absolute Gasteiger partial charge is 0.349 e. The van der Waals surface area contributed by atoms with Gasteiger partial charge in [0.05, 0.1) is 0 Å². The van der Waals surface area contributed by atoms with Crippen LogP contribution in [0.25, 0.3) is 0 Å². The number of hydrogen-bond acceptors (Lipinski definition) is 2. The molecule has 19 heavy (non-hydrogen) atoms. The van der Waals surface area contributed by atoms with E-state index in [4.69, 9.17) is 0 Å². The molecule has 0 radical (unpaired) electrons. The third-order valence-electron chi connectivity index (χ3n) is 4.27. The number of allylic oxidation sites excluding steroid dienone is 2. The van der Waals surface area contributed by atoms with Gasteiger partial charge < -0.3 is 9.80 Å². The maximum atomic E-state index is 4.37. The summed E-state index contributed by atoms with van der Waals surface area (Å²) in [7, 11) is 4.25. The molecule has 1 aliphatic rings. The number of hydrogen-bond donors (Lipinski definition) is 0. The lowest BCUT2D eigenvalue weighted by Gasteiger charge is -2.25. The van der Waals surface area contributed by atoms with Crippen LogP contribution in [0.5, 0.6) is 0 Å². The lowest BCUT2D eigenvalue weighted by atomic mass is 9.77. The molecule has 0 aliphatic carbocycles. The Morgan fingerprint density at radius 2 is 1.42 bits per heavy atom. The predicted molar refractivity (Wildman–Crippen MR) is 84.8 cm³/mol. The first-order valence-corrected chi connectivity index (χ1v) is 7.57. The molecule has 0 bridgehead atoms. The molecule has 0 aromatic heterocycles. The van der Waals surface area contributed by atoms with Crippen molar-refractivity contribution in [2.75, 3.05) is 27.2 Å². The molecule has 110 valence electrons. The summed E-state index contributed by atoms with van der Waals surface area (Å²) < 4.78 is 0. The summed E-state index contributed by atoms with van der Waals surface area (Å²) in [6.45, 7) is 20.1. The van der Waals surface area contributed by atoms with Crippen LogP contribution >= 0.6 is 0 Å². The fourth-order valence-corrected chi connectivity index (χ4v) is 3.39. The second kappa shape index (κ2) is 6.60. The van der Waals surface area contributed by atoms with Crippen molar-refractivity contribution in [1.29, 1.82) is 0 Å². The van der Waals surface area contributed by atoms with Gasteiger partial charge in [-0.15, -0.1) is 0 Å². The maximum Gasteiger partial charge on any atom is 0.0236 e. The zero-order valence-electron chi connectivity index (χ0n) is 13.7. The van der Waals surface area contributed by atoms with Crippen LogP contribution in [0.2, 0.25) is 0 Å². The van der Waals surface area contributed by atoms with Gasteiger partial charge in [0.15, 0.2) is 0 Å². The number of rotatable bonds is 6. The lowest BCUT2D eigenvalue weighted by Crippen LogP contribution is -2.23. The SMILES string of the molecule is C=C1C(C(C)C)C(C(C)C)C(=C)N1CCCN(C)C. The average molecular weight is 264 g/mol. The topological polar surface area (TPSA) is 6.48 Å². The van der Waals surface area contributed by atoms with Crippen molar-refractivity contribution in [2.45, 2.75) is 34.1 Å². The summed E-state index contributed by atoms with van der Waals surface area (Å²) in [5.74, 6) is 2.39. The third-order valence-corrected chi connectivity index (χ3v) is 4.27. The Hall–Kier alpha value is -0.760. The highest BCUT2D eigenvalue weighted by Gasteiger charge is 2.41. The number of likely N-dealkylation sites (tertiary alicyclic amines) is 1. The van der Waals surface area contributed by atoms with Crippen molar-refractivity contribution in [3.63, 3.8) is 0 Å². The first kappa shape index (κ1) is 16.3. The minimum absolute atomic E-state index is 0.562. The van der Waals surface area contributed by atoms with Crippen LogP contribution in [0.15, 0.2) is 24.6 Å².